The first-order valence-corrected chi connectivity index (χ1v) is 16.6. The van der Waals surface area contributed by atoms with Crippen molar-refractivity contribution >= 4 is 46.0 Å². The number of para-hydroxylation sites is 1. The van der Waals surface area contributed by atoms with Gasteiger partial charge in [0.1, 0.15) is 28.5 Å². The van der Waals surface area contributed by atoms with Gasteiger partial charge in [-0.25, -0.2) is 0 Å². The second-order valence-corrected chi connectivity index (χ2v) is 13.7. The van der Waals surface area contributed by atoms with Crippen LogP contribution in [0.3, 0.4) is 0 Å². The summed E-state index contributed by atoms with van der Waals surface area (Å²) in [5, 5.41) is 10.1. The molecule has 0 heterocycles. The molecule has 6 heteroatoms. The minimum atomic E-state index is -2.84. The van der Waals surface area contributed by atoms with E-state index in [1.165, 1.54) is 0 Å². The van der Waals surface area contributed by atoms with Gasteiger partial charge >= 0.3 is 0 Å². The minimum Gasteiger partial charge on any atom is -1.00 e. The normalized spacial score (nSPS) is 11.4. The van der Waals surface area contributed by atoms with Crippen molar-refractivity contribution in [3.05, 3.63) is 199 Å². The van der Waals surface area contributed by atoms with Crippen molar-refractivity contribution < 1.29 is 33.6 Å². The van der Waals surface area contributed by atoms with Gasteiger partial charge in [0.05, 0.1) is 0 Å². The molecule has 0 spiro atoms. The Morgan fingerprint density at radius 2 is 0.783 bits per heavy atom. The Hall–Kier alpha value is -4.84. The largest absolute Gasteiger partial charge is 1.00 e. The Balaban J connectivity index is 0.00000417. The quantitative estimate of drug-likeness (QED) is 0.132. The van der Waals surface area contributed by atoms with Crippen LogP contribution >= 0.6 is 7.26 Å². The van der Waals surface area contributed by atoms with Crippen LogP contribution in [0.4, 0.5) is 5.69 Å². The van der Waals surface area contributed by atoms with E-state index in [9.17, 15) is 9.59 Å². The number of halogens is 1. The number of amides is 2. The molecule has 0 unspecified atom stereocenters. The van der Waals surface area contributed by atoms with Gasteiger partial charge in [-0.3, -0.25) is 9.59 Å². The average Bonchev–Trinajstić information content (AvgIpc) is 3.12. The Kier molecular flexibility index (Phi) is 10.9. The molecule has 6 aromatic carbocycles. The number of nitrogens with one attached hydrogen (secondary N) is 2. The summed E-state index contributed by atoms with van der Waals surface area (Å²) < 4.78 is 0. The molecule has 0 bridgehead atoms. The molecule has 0 saturated carbocycles. The fourth-order valence-corrected chi connectivity index (χ4v) is 10.2. The highest BCUT2D eigenvalue weighted by Gasteiger charge is 2.52. The lowest BCUT2D eigenvalue weighted by Crippen LogP contribution is -3.00. The molecule has 6 rings (SSSR count). The van der Waals surface area contributed by atoms with Crippen LogP contribution < -0.4 is 50.5 Å². The molecular formula is C40H32IN2O2P. The van der Waals surface area contributed by atoms with Crippen molar-refractivity contribution in [2.45, 2.75) is 0 Å². The molecule has 4 nitrogen and oxygen atoms in total. The molecule has 0 aromatic heterocycles. The Morgan fingerprint density at radius 3 is 1.20 bits per heavy atom. The van der Waals surface area contributed by atoms with Crippen molar-refractivity contribution in [2.24, 2.45) is 0 Å². The molecule has 0 radical (unpaired) electrons. The van der Waals surface area contributed by atoms with Crippen molar-refractivity contribution in [3.8, 4) is 0 Å². The molecule has 6 aromatic rings. The van der Waals surface area contributed by atoms with Gasteiger partial charge in [-0.1, -0.05) is 121 Å². The van der Waals surface area contributed by atoms with E-state index in [0.717, 1.165) is 26.8 Å². The standard InChI is InChI=1S/C40H31N2O2P.HI/c43-39(32-21-9-2-10-22-32)42-37(40(44)41-33-23-11-3-12-24-33)38(31-19-7-1-8-20-31)45(34-25-13-4-14-26-34,35-27-15-5-16-28-35)36-29-17-6-18-30-36;/h1-30H,(H-,41,42,43,44);1H. The number of hydrogen-bond donors (Lipinski definition) is 2. The molecule has 0 atom stereocenters. The molecule has 0 fully saturated rings. The van der Waals surface area contributed by atoms with E-state index in [-0.39, 0.29) is 35.6 Å². The second kappa shape index (κ2) is 15.4. The topological polar surface area (TPSA) is 58.2 Å². The highest BCUT2D eigenvalue weighted by atomic mass is 127. The Bertz CT molecular complexity index is 1810. The van der Waals surface area contributed by atoms with Gasteiger partial charge < -0.3 is 34.6 Å². The molecule has 46 heavy (non-hydrogen) atoms. The van der Waals surface area contributed by atoms with Gasteiger partial charge in [0.15, 0.2) is 5.70 Å². The lowest BCUT2D eigenvalue weighted by molar-refractivity contribution is -0.113. The smallest absolute Gasteiger partial charge is 0.276 e. The van der Waals surface area contributed by atoms with E-state index >= 15 is 0 Å². The maximum absolute atomic E-state index is 14.7. The summed E-state index contributed by atoms with van der Waals surface area (Å²) in [4.78, 5) is 28.6. The summed E-state index contributed by atoms with van der Waals surface area (Å²) >= 11 is 0. The molecule has 0 aliphatic rings. The van der Waals surface area contributed by atoms with Gasteiger partial charge in [-0.2, -0.15) is 0 Å². The summed E-state index contributed by atoms with van der Waals surface area (Å²) in [6.07, 6.45) is 0. The highest BCUT2D eigenvalue weighted by Crippen LogP contribution is 2.67. The summed E-state index contributed by atoms with van der Waals surface area (Å²) in [7, 11) is -2.84. The maximum atomic E-state index is 14.7. The van der Waals surface area contributed by atoms with Gasteiger partial charge in [-0.05, 0) is 60.7 Å². The number of benzene rings is 6. The van der Waals surface area contributed by atoms with Gasteiger partial charge in [0.25, 0.3) is 11.8 Å². The van der Waals surface area contributed by atoms with E-state index in [2.05, 4.69) is 47.0 Å². The van der Waals surface area contributed by atoms with Crippen molar-refractivity contribution in [2.75, 3.05) is 5.32 Å². The zero-order valence-corrected chi connectivity index (χ0v) is 28.0. The predicted molar refractivity (Wildman–Crippen MR) is 187 cm³/mol. The van der Waals surface area contributed by atoms with Crippen LogP contribution in [0.25, 0.3) is 5.31 Å². The van der Waals surface area contributed by atoms with Crippen LogP contribution in [-0.2, 0) is 4.79 Å². The van der Waals surface area contributed by atoms with Crippen LogP contribution in [0.2, 0.25) is 0 Å². The Labute approximate surface area is 287 Å². The molecule has 2 amide bonds. The minimum absolute atomic E-state index is 0. The lowest BCUT2D eigenvalue weighted by atomic mass is 10.1. The summed E-state index contributed by atoms with van der Waals surface area (Å²) in [6, 6.07) is 59.2. The van der Waals surface area contributed by atoms with E-state index in [1.807, 2.05) is 133 Å². The first kappa shape index (κ1) is 32.6. The first-order valence-electron chi connectivity index (χ1n) is 14.8. The van der Waals surface area contributed by atoms with Crippen molar-refractivity contribution in [3.63, 3.8) is 0 Å². The zero-order chi connectivity index (χ0) is 30.9. The van der Waals surface area contributed by atoms with Gasteiger partial charge in [0.2, 0.25) is 0 Å². The fourth-order valence-electron chi connectivity index (χ4n) is 5.60. The molecule has 0 saturated heterocycles. The van der Waals surface area contributed by atoms with Crippen LogP contribution in [0.1, 0.15) is 15.9 Å². The van der Waals surface area contributed by atoms with Crippen LogP contribution in [0.15, 0.2) is 188 Å². The van der Waals surface area contributed by atoms with Crippen molar-refractivity contribution in [1.29, 1.82) is 0 Å². The molecular weight excluding hydrogens is 698 g/mol. The highest BCUT2D eigenvalue weighted by molar-refractivity contribution is 8.03. The fraction of sp³-hybridized carbons (Fsp3) is 0. The second-order valence-electron chi connectivity index (χ2n) is 10.4. The van der Waals surface area contributed by atoms with E-state index in [4.69, 9.17) is 0 Å². The molecule has 2 N–H and O–H groups in total. The van der Waals surface area contributed by atoms with Crippen molar-refractivity contribution in [1.82, 2.24) is 5.32 Å². The number of carbonyl (C=O) groups is 2. The summed E-state index contributed by atoms with van der Waals surface area (Å²) in [5.41, 5.74) is 2.13. The predicted octanol–water partition coefficient (Wildman–Crippen LogP) is 4.42. The maximum Gasteiger partial charge on any atom is 0.276 e. The third-order valence-corrected chi connectivity index (χ3v) is 12.0. The monoisotopic (exact) mass is 730 g/mol. The number of carbonyl (C=O) groups excluding carboxylic acids is 2. The SMILES string of the molecule is O=C(Nc1ccccc1)C(NC(=O)c1ccccc1)=C(c1ccccc1)[P+](c1ccccc1)(c1ccccc1)c1ccccc1.[I-]. The third-order valence-electron chi connectivity index (χ3n) is 7.58. The van der Waals surface area contributed by atoms with Gasteiger partial charge in [0, 0.05) is 16.8 Å². The zero-order valence-electron chi connectivity index (χ0n) is 25.0. The van der Waals surface area contributed by atoms with Crippen LogP contribution in [-0.4, -0.2) is 11.8 Å². The van der Waals surface area contributed by atoms with E-state index < -0.39 is 13.2 Å². The average molecular weight is 731 g/mol. The van der Waals surface area contributed by atoms with Crippen LogP contribution in [0, 0.1) is 0 Å². The third kappa shape index (κ3) is 6.86. The van der Waals surface area contributed by atoms with E-state index in [0.29, 0.717) is 11.3 Å². The lowest BCUT2D eigenvalue weighted by Gasteiger charge is -2.31. The molecule has 0 aliphatic carbocycles. The number of anilines is 1. The number of rotatable bonds is 9. The first-order chi connectivity index (χ1) is 22.2. The summed E-state index contributed by atoms with van der Waals surface area (Å²) in [5.74, 6) is -0.772. The van der Waals surface area contributed by atoms with Crippen LogP contribution in [0.5, 0.6) is 0 Å². The number of hydrogen-bond acceptors (Lipinski definition) is 2. The van der Waals surface area contributed by atoms with E-state index in [1.54, 1.807) is 12.1 Å². The molecule has 226 valence electrons. The Morgan fingerprint density at radius 1 is 0.435 bits per heavy atom. The van der Waals surface area contributed by atoms with Gasteiger partial charge in [-0.15, -0.1) is 0 Å². The summed E-state index contributed by atoms with van der Waals surface area (Å²) in [6.45, 7) is 0. The molecule has 0 aliphatic heterocycles.